The largest absolute Gasteiger partial charge is 0.301 e. The van der Waals surface area contributed by atoms with Crippen molar-refractivity contribution in [3.8, 4) is 0 Å². The van der Waals surface area contributed by atoms with Gasteiger partial charge in [-0.15, -0.1) is 0 Å². The first kappa shape index (κ1) is 20.7. The second kappa shape index (κ2) is 9.06. The number of nitrogens with zero attached hydrogens (tertiary/aromatic N) is 4. The Kier molecular flexibility index (Phi) is 6.25. The number of hydrazone groups is 1. The third-order valence-corrected chi connectivity index (χ3v) is 6.08. The molecule has 1 fully saturated rings. The van der Waals surface area contributed by atoms with Gasteiger partial charge in [-0.05, 0) is 36.7 Å². The van der Waals surface area contributed by atoms with Crippen molar-refractivity contribution in [1.82, 2.24) is 14.8 Å². The molecule has 0 saturated carbocycles. The van der Waals surface area contributed by atoms with Gasteiger partial charge in [-0.2, -0.15) is 5.10 Å². The normalized spacial score (nSPS) is 20.4. The topological polar surface area (TPSA) is 39.1 Å². The van der Waals surface area contributed by atoms with E-state index in [0.717, 1.165) is 49.6 Å². The molecule has 2 aliphatic rings. The van der Waals surface area contributed by atoms with Crippen molar-refractivity contribution in [3.63, 3.8) is 0 Å². The molecule has 158 valence electrons. The van der Waals surface area contributed by atoms with Gasteiger partial charge >= 0.3 is 0 Å². The number of halogens is 1. The van der Waals surface area contributed by atoms with Crippen molar-refractivity contribution in [2.45, 2.75) is 26.3 Å². The maximum absolute atomic E-state index is 13.5. The van der Waals surface area contributed by atoms with Crippen LogP contribution in [-0.2, 0) is 4.79 Å². The SMILES string of the molecule is CCN1CCN(CC(=O)N2N=C(c3ccc(C)cc3)C[C@@H]2c2ccc(F)cc2)CC1. The molecule has 1 amide bonds. The van der Waals surface area contributed by atoms with Crippen LogP contribution in [0, 0.1) is 12.7 Å². The lowest BCUT2D eigenvalue weighted by atomic mass is 9.98. The van der Waals surface area contributed by atoms with Crippen LogP contribution in [-0.4, -0.2) is 65.7 Å². The Hall–Kier alpha value is -2.57. The van der Waals surface area contributed by atoms with Gasteiger partial charge < -0.3 is 4.90 Å². The third-order valence-electron chi connectivity index (χ3n) is 6.08. The average molecular weight is 409 g/mol. The van der Waals surface area contributed by atoms with E-state index < -0.39 is 0 Å². The zero-order valence-electron chi connectivity index (χ0n) is 17.7. The highest BCUT2D eigenvalue weighted by molar-refractivity contribution is 6.03. The Labute approximate surface area is 177 Å². The van der Waals surface area contributed by atoms with Crippen LogP contribution in [0.2, 0.25) is 0 Å². The molecule has 0 spiro atoms. The number of piperazine rings is 1. The first-order valence-corrected chi connectivity index (χ1v) is 10.7. The first-order valence-electron chi connectivity index (χ1n) is 10.7. The van der Waals surface area contributed by atoms with E-state index in [1.807, 2.05) is 12.1 Å². The number of likely N-dealkylation sites (N-methyl/N-ethyl adjacent to an activating group) is 1. The highest BCUT2D eigenvalue weighted by Crippen LogP contribution is 2.33. The number of carbonyl (C=O) groups excluding carboxylic acids is 1. The summed E-state index contributed by atoms with van der Waals surface area (Å²) in [6.45, 7) is 9.39. The first-order chi connectivity index (χ1) is 14.5. The Morgan fingerprint density at radius 3 is 2.27 bits per heavy atom. The second-order valence-electron chi connectivity index (χ2n) is 8.13. The van der Waals surface area contributed by atoms with Gasteiger partial charge in [0.15, 0.2) is 0 Å². The number of benzene rings is 2. The predicted octanol–water partition coefficient (Wildman–Crippen LogP) is 3.45. The van der Waals surface area contributed by atoms with Gasteiger partial charge in [-0.3, -0.25) is 9.69 Å². The molecule has 30 heavy (non-hydrogen) atoms. The molecule has 0 radical (unpaired) electrons. The molecule has 0 aliphatic carbocycles. The smallest absolute Gasteiger partial charge is 0.257 e. The molecular formula is C24H29FN4O. The summed E-state index contributed by atoms with van der Waals surface area (Å²) in [6.07, 6.45) is 0.629. The maximum atomic E-state index is 13.5. The number of carbonyl (C=O) groups is 1. The second-order valence-corrected chi connectivity index (χ2v) is 8.13. The zero-order valence-corrected chi connectivity index (χ0v) is 17.7. The van der Waals surface area contributed by atoms with E-state index in [1.165, 1.54) is 17.7 Å². The quantitative estimate of drug-likeness (QED) is 0.761. The van der Waals surface area contributed by atoms with E-state index in [0.29, 0.717) is 13.0 Å². The third kappa shape index (κ3) is 4.60. The summed E-state index contributed by atoms with van der Waals surface area (Å²) < 4.78 is 13.5. The fourth-order valence-electron chi connectivity index (χ4n) is 4.13. The molecule has 4 rings (SSSR count). The molecule has 0 unspecified atom stereocenters. The van der Waals surface area contributed by atoms with E-state index in [9.17, 15) is 9.18 Å². The number of amides is 1. The van der Waals surface area contributed by atoms with Gasteiger partial charge in [-0.25, -0.2) is 9.40 Å². The van der Waals surface area contributed by atoms with Crippen molar-refractivity contribution < 1.29 is 9.18 Å². The Bertz CT molecular complexity index is 902. The van der Waals surface area contributed by atoms with Crippen LogP contribution in [0.15, 0.2) is 53.6 Å². The van der Waals surface area contributed by atoms with Crippen molar-refractivity contribution in [2.75, 3.05) is 39.3 Å². The van der Waals surface area contributed by atoms with Crippen LogP contribution in [0.3, 0.4) is 0 Å². The summed E-state index contributed by atoms with van der Waals surface area (Å²) >= 11 is 0. The van der Waals surface area contributed by atoms with E-state index in [2.05, 4.69) is 35.8 Å². The minimum atomic E-state index is -0.275. The number of hydrogen-bond donors (Lipinski definition) is 0. The molecule has 6 heteroatoms. The number of rotatable bonds is 5. The summed E-state index contributed by atoms with van der Waals surface area (Å²) in [5.41, 5.74) is 4.02. The van der Waals surface area contributed by atoms with Crippen molar-refractivity contribution >= 4 is 11.6 Å². The van der Waals surface area contributed by atoms with Gasteiger partial charge in [0.1, 0.15) is 5.82 Å². The Morgan fingerprint density at radius 1 is 1.00 bits per heavy atom. The van der Waals surface area contributed by atoms with Crippen molar-refractivity contribution in [3.05, 3.63) is 71.0 Å². The Balaban J connectivity index is 1.54. The van der Waals surface area contributed by atoms with Crippen LogP contribution in [0.5, 0.6) is 0 Å². The van der Waals surface area contributed by atoms with Gasteiger partial charge in [-0.1, -0.05) is 48.9 Å². The molecule has 1 saturated heterocycles. The standard InChI is InChI=1S/C24H29FN4O/c1-3-27-12-14-28(15-13-27)17-24(30)29-23(20-8-10-21(25)11-9-20)16-22(26-29)19-6-4-18(2)5-7-19/h4-11,23H,3,12-17H2,1-2H3/t23-/m1/s1. The summed E-state index contributed by atoms with van der Waals surface area (Å²) in [5, 5.41) is 6.35. The van der Waals surface area contributed by atoms with Crippen LogP contribution in [0.25, 0.3) is 0 Å². The minimum absolute atomic E-state index is 0.00335. The fraction of sp³-hybridized carbons (Fsp3) is 0.417. The van der Waals surface area contributed by atoms with Crippen LogP contribution < -0.4 is 0 Å². The highest BCUT2D eigenvalue weighted by atomic mass is 19.1. The van der Waals surface area contributed by atoms with E-state index in [1.54, 1.807) is 17.1 Å². The summed E-state index contributed by atoms with van der Waals surface area (Å²) in [5.74, 6) is -0.278. The molecule has 0 aromatic heterocycles. The van der Waals surface area contributed by atoms with Crippen molar-refractivity contribution in [1.29, 1.82) is 0 Å². The van der Waals surface area contributed by atoms with Gasteiger partial charge in [0.25, 0.3) is 5.91 Å². The fourth-order valence-corrected chi connectivity index (χ4v) is 4.13. The molecule has 2 aliphatic heterocycles. The lowest BCUT2D eigenvalue weighted by Crippen LogP contribution is -2.49. The van der Waals surface area contributed by atoms with Gasteiger partial charge in [0.2, 0.25) is 0 Å². The molecule has 1 atom stereocenters. The van der Waals surface area contributed by atoms with Crippen LogP contribution in [0.4, 0.5) is 4.39 Å². The maximum Gasteiger partial charge on any atom is 0.257 e. The lowest BCUT2D eigenvalue weighted by molar-refractivity contribution is -0.134. The molecule has 0 N–H and O–H groups in total. The molecule has 0 bridgehead atoms. The molecule has 2 aromatic carbocycles. The Morgan fingerprint density at radius 2 is 1.63 bits per heavy atom. The monoisotopic (exact) mass is 408 g/mol. The van der Waals surface area contributed by atoms with E-state index in [4.69, 9.17) is 5.10 Å². The van der Waals surface area contributed by atoms with Gasteiger partial charge in [0.05, 0.1) is 18.3 Å². The molecule has 2 aromatic rings. The molecule has 2 heterocycles. The lowest BCUT2D eigenvalue weighted by Gasteiger charge is -2.34. The van der Waals surface area contributed by atoms with Crippen molar-refractivity contribution in [2.24, 2.45) is 5.10 Å². The predicted molar refractivity (Wildman–Crippen MR) is 117 cm³/mol. The zero-order chi connectivity index (χ0) is 21.1. The minimum Gasteiger partial charge on any atom is -0.301 e. The highest BCUT2D eigenvalue weighted by Gasteiger charge is 2.34. The molecular weight excluding hydrogens is 379 g/mol. The summed E-state index contributed by atoms with van der Waals surface area (Å²) in [7, 11) is 0. The number of hydrogen-bond acceptors (Lipinski definition) is 4. The van der Waals surface area contributed by atoms with Gasteiger partial charge in [0, 0.05) is 32.6 Å². The van der Waals surface area contributed by atoms with Crippen LogP contribution >= 0.6 is 0 Å². The molecule has 5 nitrogen and oxygen atoms in total. The van der Waals surface area contributed by atoms with Crippen LogP contribution in [0.1, 0.15) is 36.1 Å². The van der Waals surface area contributed by atoms with E-state index in [-0.39, 0.29) is 17.8 Å². The summed E-state index contributed by atoms with van der Waals surface area (Å²) in [4.78, 5) is 17.8. The average Bonchev–Trinajstić information content (AvgIpc) is 3.21. The summed E-state index contributed by atoms with van der Waals surface area (Å²) in [6, 6.07) is 14.4. The number of aryl methyl sites for hydroxylation is 1. The van der Waals surface area contributed by atoms with E-state index >= 15 is 0 Å².